The van der Waals surface area contributed by atoms with Crippen molar-refractivity contribution in [3.05, 3.63) is 91.0 Å². The predicted molar refractivity (Wildman–Crippen MR) is 112 cm³/mol. The second kappa shape index (κ2) is 7.20. The molecule has 0 aliphatic carbocycles. The van der Waals surface area contributed by atoms with Crippen molar-refractivity contribution >= 4 is 33.3 Å². The lowest BCUT2D eigenvalue weighted by molar-refractivity contribution is 1.42. The topological polar surface area (TPSA) is 3.24 Å². The van der Waals surface area contributed by atoms with Crippen LogP contribution in [0.5, 0.6) is 0 Å². The summed E-state index contributed by atoms with van der Waals surface area (Å²) in [5.41, 5.74) is 1.36. The molecule has 0 spiro atoms. The van der Waals surface area contributed by atoms with Gasteiger partial charge in [-0.05, 0) is 22.5 Å². The minimum atomic E-state index is -1.56. The zero-order valence-electron chi connectivity index (χ0n) is 14.7. The number of benzene rings is 3. The molecule has 0 radical (unpaired) electrons. The molecule has 3 aromatic carbocycles. The van der Waals surface area contributed by atoms with Gasteiger partial charge in [-0.25, -0.2) is 0 Å². The molecule has 0 heterocycles. The largest absolute Gasteiger partial charge is 0.420 e. The van der Waals surface area contributed by atoms with Crippen LogP contribution >= 0.6 is 0 Å². The Morgan fingerprint density at radius 1 is 0.583 bits per heavy atom. The van der Waals surface area contributed by atoms with Gasteiger partial charge in [-0.3, -0.25) is 0 Å². The van der Waals surface area contributed by atoms with E-state index in [2.05, 4.69) is 115 Å². The molecule has 0 unspecified atom stereocenters. The Kier molecular flexibility index (Phi) is 5.02. The Hall–Kier alpha value is -2.11. The quantitative estimate of drug-likeness (QED) is 0.633. The summed E-state index contributed by atoms with van der Waals surface area (Å²) in [6.07, 6.45) is 0. The van der Waals surface area contributed by atoms with Gasteiger partial charge in [-0.15, -0.1) is 0 Å². The average Bonchev–Trinajstić information content (AvgIpc) is 2.61. The Labute approximate surface area is 148 Å². The molecule has 0 fully saturated rings. The van der Waals surface area contributed by atoms with Crippen LogP contribution in [0, 0.1) is 0 Å². The highest BCUT2D eigenvalue weighted by Gasteiger charge is 2.33. The van der Waals surface area contributed by atoms with E-state index in [-0.39, 0.29) is 0 Å². The summed E-state index contributed by atoms with van der Waals surface area (Å²) in [6, 6.07) is 33.1. The van der Waals surface area contributed by atoms with Crippen LogP contribution in [0.2, 0.25) is 19.6 Å². The molecule has 3 aromatic rings. The number of para-hydroxylation sites is 1. The lowest BCUT2D eigenvalue weighted by atomic mass is 10.3. The van der Waals surface area contributed by atoms with Gasteiger partial charge in [0.05, 0.1) is 0 Å². The molecular formula is C21H25NSi2. The fraction of sp³-hybridized carbons (Fsp3) is 0.143. The standard InChI is InChI=1S/C21H25NSi2/c1-24(2,3)22(19-13-7-4-8-14-19)23(20-15-9-5-10-16-20)21-17-11-6-12-18-21/h4-18,23H,1-3H3. The molecule has 122 valence electrons. The number of rotatable bonds is 5. The Bertz CT molecular complexity index is 713. The van der Waals surface area contributed by atoms with Crippen molar-refractivity contribution in [2.75, 3.05) is 4.23 Å². The van der Waals surface area contributed by atoms with Crippen LogP contribution in [0.15, 0.2) is 91.0 Å². The first-order valence-corrected chi connectivity index (χ1v) is 13.6. The second-order valence-electron chi connectivity index (χ2n) is 7.10. The highest BCUT2D eigenvalue weighted by molar-refractivity contribution is 7.02. The molecule has 0 aliphatic rings. The van der Waals surface area contributed by atoms with E-state index in [1.54, 1.807) is 0 Å². The summed E-state index contributed by atoms with van der Waals surface area (Å²) in [5.74, 6) is 0. The number of nitrogens with zero attached hydrogens (tertiary/aromatic N) is 1. The van der Waals surface area contributed by atoms with Crippen LogP contribution in [-0.2, 0) is 0 Å². The van der Waals surface area contributed by atoms with Crippen LogP contribution in [0.3, 0.4) is 0 Å². The van der Waals surface area contributed by atoms with Gasteiger partial charge in [0.2, 0.25) is 0 Å². The van der Waals surface area contributed by atoms with Gasteiger partial charge in [0.25, 0.3) is 0 Å². The van der Waals surface area contributed by atoms with Crippen molar-refractivity contribution in [1.82, 2.24) is 0 Å². The maximum absolute atomic E-state index is 2.79. The number of hydrogen-bond acceptors (Lipinski definition) is 1. The van der Waals surface area contributed by atoms with Crippen LogP contribution in [0.1, 0.15) is 0 Å². The smallest absolute Gasteiger partial charge is 0.195 e. The molecule has 3 rings (SSSR count). The molecule has 3 heteroatoms. The molecule has 0 atom stereocenters. The fourth-order valence-electron chi connectivity index (χ4n) is 3.27. The highest BCUT2D eigenvalue weighted by Crippen LogP contribution is 2.23. The normalized spacial score (nSPS) is 11.5. The van der Waals surface area contributed by atoms with Gasteiger partial charge in [0.15, 0.2) is 8.96 Å². The molecule has 1 nitrogen and oxygen atoms in total. The summed E-state index contributed by atoms with van der Waals surface area (Å²) in [7, 11) is -3.08. The van der Waals surface area contributed by atoms with Gasteiger partial charge in [0.1, 0.15) is 8.24 Å². The fourth-order valence-corrected chi connectivity index (χ4v) is 10.8. The van der Waals surface area contributed by atoms with Crippen LogP contribution in [-0.4, -0.2) is 17.2 Å². The van der Waals surface area contributed by atoms with Gasteiger partial charge in [0, 0.05) is 5.69 Å². The Balaban J connectivity index is 2.19. The van der Waals surface area contributed by atoms with E-state index >= 15 is 0 Å². The van der Waals surface area contributed by atoms with Gasteiger partial charge < -0.3 is 4.23 Å². The van der Waals surface area contributed by atoms with Crippen molar-refractivity contribution in [3.63, 3.8) is 0 Å². The molecule has 0 aliphatic heterocycles. The van der Waals surface area contributed by atoms with Crippen LogP contribution in [0.4, 0.5) is 5.69 Å². The first-order chi connectivity index (χ1) is 11.6. The first kappa shape index (κ1) is 16.7. The van der Waals surface area contributed by atoms with Crippen LogP contribution < -0.4 is 14.6 Å². The van der Waals surface area contributed by atoms with Crippen LogP contribution in [0.25, 0.3) is 0 Å². The van der Waals surface area contributed by atoms with Crippen molar-refractivity contribution in [1.29, 1.82) is 0 Å². The summed E-state index contributed by atoms with van der Waals surface area (Å²) in [6.45, 7) is 7.35. The lowest BCUT2D eigenvalue weighted by Gasteiger charge is -2.43. The van der Waals surface area contributed by atoms with Crippen molar-refractivity contribution < 1.29 is 0 Å². The first-order valence-electron chi connectivity index (χ1n) is 8.51. The van der Waals surface area contributed by atoms with Crippen molar-refractivity contribution in [2.45, 2.75) is 19.6 Å². The lowest BCUT2D eigenvalue weighted by Crippen LogP contribution is -2.65. The molecule has 0 aromatic heterocycles. The third kappa shape index (κ3) is 3.69. The maximum Gasteiger partial charge on any atom is 0.195 e. The van der Waals surface area contributed by atoms with E-state index in [4.69, 9.17) is 0 Å². The molecule has 0 bridgehead atoms. The van der Waals surface area contributed by atoms with E-state index < -0.39 is 17.2 Å². The second-order valence-corrected chi connectivity index (χ2v) is 15.1. The SMILES string of the molecule is C[Si](C)(C)N(c1ccccc1)[SiH](c1ccccc1)c1ccccc1. The zero-order chi connectivity index (χ0) is 17.0. The molecule has 0 saturated carbocycles. The minimum Gasteiger partial charge on any atom is -0.420 e. The highest BCUT2D eigenvalue weighted by atomic mass is 28.4. The average molecular weight is 348 g/mol. The van der Waals surface area contributed by atoms with E-state index in [9.17, 15) is 0 Å². The van der Waals surface area contributed by atoms with E-state index in [0.29, 0.717) is 0 Å². The number of hydrogen-bond donors (Lipinski definition) is 0. The van der Waals surface area contributed by atoms with E-state index in [1.165, 1.54) is 16.1 Å². The number of anilines is 1. The monoisotopic (exact) mass is 347 g/mol. The third-order valence-electron chi connectivity index (χ3n) is 4.25. The zero-order valence-corrected chi connectivity index (χ0v) is 16.8. The van der Waals surface area contributed by atoms with E-state index in [0.717, 1.165) is 0 Å². The summed E-state index contributed by atoms with van der Waals surface area (Å²) >= 11 is 0. The minimum absolute atomic E-state index is 1.36. The molecule has 0 amide bonds. The van der Waals surface area contributed by atoms with Gasteiger partial charge >= 0.3 is 0 Å². The van der Waals surface area contributed by atoms with Gasteiger partial charge in [-0.2, -0.15) is 0 Å². The predicted octanol–water partition coefficient (Wildman–Crippen LogP) is 3.87. The molecular weight excluding hydrogens is 322 g/mol. The molecule has 0 saturated heterocycles. The van der Waals surface area contributed by atoms with Gasteiger partial charge in [-0.1, -0.05) is 98.5 Å². The third-order valence-corrected chi connectivity index (χ3v) is 11.9. The van der Waals surface area contributed by atoms with Crippen molar-refractivity contribution in [2.24, 2.45) is 0 Å². The van der Waals surface area contributed by atoms with E-state index in [1.807, 2.05) is 0 Å². The molecule has 0 N–H and O–H groups in total. The Morgan fingerprint density at radius 2 is 0.958 bits per heavy atom. The molecule has 24 heavy (non-hydrogen) atoms. The van der Waals surface area contributed by atoms with Crippen molar-refractivity contribution in [3.8, 4) is 0 Å². The Morgan fingerprint density at radius 3 is 1.33 bits per heavy atom. The summed E-state index contributed by atoms with van der Waals surface area (Å²) in [4.78, 5) is 0. The summed E-state index contributed by atoms with van der Waals surface area (Å²) in [5, 5.41) is 2.96. The maximum atomic E-state index is 2.79. The summed E-state index contributed by atoms with van der Waals surface area (Å²) < 4.78 is 2.79.